The summed E-state index contributed by atoms with van der Waals surface area (Å²) in [6, 6.07) is 0. The van der Waals surface area contributed by atoms with E-state index in [0.717, 1.165) is 32.1 Å². The molecule has 0 bridgehead atoms. The Hall–Kier alpha value is -0.570. The van der Waals surface area contributed by atoms with E-state index >= 15 is 0 Å². The van der Waals surface area contributed by atoms with E-state index in [2.05, 4.69) is 5.32 Å². The molecule has 3 nitrogen and oxygen atoms in total. The zero-order valence-corrected chi connectivity index (χ0v) is 7.18. The van der Waals surface area contributed by atoms with Gasteiger partial charge in [0.25, 0.3) is 0 Å². The van der Waals surface area contributed by atoms with Gasteiger partial charge in [0.15, 0.2) is 0 Å². The minimum atomic E-state index is -0.304. The summed E-state index contributed by atoms with van der Waals surface area (Å²) in [6.07, 6.45) is 5.07. The predicted octanol–water partition coefficient (Wildman–Crippen LogP) is 0.570. The maximum Gasteiger partial charge on any atom is 0.220 e. The van der Waals surface area contributed by atoms with Crippen LogP contribution in [0, 0.1) is 0 Å². The lowest BCUT2D eigenvalue weighted by Crippen LogP contribution is -2.56. The largest absolute Gasteiger partial charge is 0.391 e. The maximum absolute atomic E-state index is 11.1. The van der Waals surface area contributed by atoms with Gasteiger partial charge in [0.05, 0.1) is 11.6 Å². The second-order valence-corrected chi connectivity index (χ2v) is 3.97. The molecule has 3 heteroatoms. The Balaban J connectivity index is 2.13. The first-order chi connectivity index (χ1) is 5.73. The van der Waals surface area contributed by atoms with E-state index in [-0.39, 0.29) is 17.6 Å². The van der Waals surface area contributed by atoms with Crippen LogP contribution in [0.25, 0.3) is 0 Å². The van der Waals surface area contributed by atoms with Gasteiger partial charge in [-0.05, 0) is 32.1 Å². The third-order valence-corrected chi connectivity index (χ3v) is 3.15. The van der Waals surface area contributed by atoms with Gasteiger partial charge in [-0.2, -0.15) is 0 Å². The molecular weight excluding hydrogens is 154 g/mol. The van der Waals surface area contributed by atoms with E-state index in [0.29, 0.717) is 6.42 Å². The lowest BCUT2D eigenvalue weighted by atomic mass is 9.85. The van der Waals surface area contributed by atoms with Gasteiger partial charge in [0.2, 0.25) is 5.91 Å². The molecule has 0 aromatic heterocycles. The van der Waals surface area contributed by atoms with Crippen LogP contribution in [-0.2, 0) is 4.79 Å². The number of rotatable bonds is 0. The molecule has 1 saturated heterocycles. The van der Waals surface area contributed by atoms with Gasteiger partial charge in [0, 0.05) is 6.42 Å². The molecule has 2 atom stereocenters. The van der Waals surface area contributed by atoms with Crippen molar-refractivity contribution >= 4 is 5.91 Å². The van der Waals surface area contributed by atoms with Crippen molar-refractivity contribution in [2.75, 3.05) is 0 Å². The van der Waals surface area contributed by atoms with Crippen molar-refractivity contribution in [1.29, 1.82) is 0 Å². The normalized spacial score (nSPS) is 41.8. The van der Waals surface area contributed by atoms with Crippen molar-refractivity contribution in [3.05, 3.63) is 0 Å². The monoisotopic (exact) mass is 169 g/mol. The first kappa shape index (κ1) is 8.05. The number of hydrogen-bond acceptors (Lipinski definition) is 2. The van der Waals surface area contributed by atoms with E-state index in [1.807, 2.05) is 0 Å². The number of aliphatic hydroxyl groups is 1. The van der Waals surface area contributed by atoms with E-state index in [1.54, 1.807) is 0 Å². The fourth-order valence-corrected chi connectivity index (χ4v) is 2.46. The molecule has 2 N–H and O–H groups in total. The van der Waals surface area contributed by atoms with Gasteiger partial charge in [-0.1, -0.05) is 0 Å². The van der Waals surface area contributed by atoms with Crippen LogP contribution in [0.2, 0.25) is 0 Å². The van der Waals surface area contributed by atoms with Crippen LogP contribution in [0.15, 0.2) is 0 Å². The lowest BCUT2D eigenvalue weighted by Gasteiger charge is -2.37. The van der Waals surface area contributed by atoms with Crippen LogP contribution in [0.1, 0.15) is 38.5 Å². The maximum atomic E-state index is 11.1. The first-order valence-corrected chi connectivity index (χ1v) is 4.72. The number of nitrogens with one attached hydrogen (secondary N) is 1. The van der Waals surface area contributed by atoms with Crippen LogP contribution in [0.4, 0.5) is 0 Å². The highest BCUT2D eigenvalue weighted by molar-refractivity contribution is 5.77. The number of hydrogen-bond donors (Lipinski definition) is 2. The predicted molar refractivity (Wildman–Crippen MR) is 44.6 cm³/mol. The molecule has 68 valence electrons. The highest BCUT2D eigenvalue weighted by Crippen LogP contribution is 2.36. The zero-order valence-electron chi connectivity index (χ0n) is 7.18. The van der Waals surface area contributed by atoms with E-state index in [1.165, 1.54) is 0 Å². The Labute approximate surface area is 72.2 Å². The Morgan fingerprint density at radius 1 is 1.42 bits per heavy atom. The molecule has 0 unspecified atom stereocenters. The average molecular weight is 169 g/mol. The molecule has 1 saturated carbocycles. The van der Waals surface area contributed by atoms with Crippen LogP contribution in [0.5, 0.6) is 0 Å². The summed E-state index contributed by atoms with van der Waals surface area (Å²) in [5.74, 6) is 0.113. The van der Waals surface area contributed by atoms with Crippen molar-refractivity contribution < 1.29 is 9.90 Å². The van der Waals surface area contributed by atoms with Crippen molar-refractivity contribution in [2.45, 2.75) is 50.2 Å². The number of carbonyl (C=O) groups excluding carboxylic acids is 1. The second-order valence-electron chi connectivity index (χ2n) is 3.97. The summed E-state index contributed by atoms with van der Waals surface area (Å²) in [4.78, 5) is 11.1. The van der Waals surface area contributed by atoms with Crippen molar-refractivity contribution in [2.24, 2.45) is 0 Å². The summed E-state index contributed by atoms with van der Waals surface area (Å²) >= 11 is 0. The number of carbonyl (C=O) groups is 1. The topological polar surface area (TPSA) is 49.3 Å². The fourth-order valence-electron chi connectivity index (χ4n) is 2.46. The molecule has 2 fully saturated rings. The highest BCUT2D eigenvalue weighted by atomic mass is 16.3. The fraction of sp³-hybridized carbons (Fsp3) is 0.889. The van der Waals surface area contributed by atoms with Crippen LogP contribution in [-0.4, -0.2) is 22.7 Å². The van der Waals surface area contributed by atoms with E-state index in [9.17, 15) is 9.90 Å². The molecule has 1 aliphatic heterocycles. The Kier molecular flexibility index (Phi) is 1.83. The Morgan fingerprint density at radius 2 is 2.17 bits per heavy atom. The molecule has 2 aliphatic rings. The SMILES string of the molecule is O=C1CCC[C@]2(CCC[C@@H]2O)N1. The summed E-state index contributed by atoms with van der Waals surface area (Å²) in [6.45, 7) is 0. The lowest BCUT2D eigenvalue weighted by molar-refractivity contribution is -0.127. The van der Waals surface area contributed by atoms with Gasteiger partial charge in [-0.25, -0.2) is 0 Å². The molecule has 1 spiro atoms. The highest BCUT2D eigenvalue weighted by Gasteiger charge is 2.44. The van der Waals surface area contributed by atoms with Crippen molar-refractivity contribution in [3.63, 3.8) is 0 Å². The van der Waals surface area contributed by atoms with Gasteiger partial charge in [-0.15, -0.1) is 0 Å². The second kappa shape index (κ2) is 2.73. The Bertz CT molecular complexity index is 205. The molecule has 2 rings (SSSR count). The smallest absolute Gasteiger partial charge is 0.220 e. The third-order valence-electron chi connectivity index (χ3n) is 3.15. The Morgan fingerprint density at radius 3 is 2.75 bits per heavy atom. The van der Waals surface area contributed by atoms with Gasteiger partial charge < -0.3 is 10.4 Å². The molecule has 0 aromatic rings. The van der Waals surface area contributed by atoms with Gasteiger partial charge >= 0.3 is 0 Å². The summed E-state index contributed by atoms with van der Waals surface area (Å²) < 4.78 is 0. The summed E-state index contributed by atoms with van der Waals surface area (Å²) in [7, 11) is 0. The molecule has 1 aliphatic carbocycles. The minimum Gasteiger partial charge on any atom is -0.391 e. The number of amides is 1. The van der Waals surface area contributed by atoms with Crippen molar-refractivity contribution in [3.8, 4) is 0 Å². The summed E-state index contributed by atoms with van der Waals surface area (Å²) in [5, 5.41) is 12.7. The average Bonchev–Trinajstić information content (AvgIpc) is 2.33. The number of aliphatic hydroxyl groups excluding tert-OH is 1. The molecule has 1 heterocycles. The minimum absolute atomic E-state index is 0.113. The summed E-state index contributed by atoms with van der Waals surface area (Å²) in [5.41, 5.74) is -0.241. The van der Waals surface area contributed by atoms with Crippen LogP contribution < -0.4 is 5.32 Å². The zero-order chi connectivity index (χ0) is 8.60. The third kappa shape index (κ3) is 1.12. The standard InChI is InChI=1S/C9H15NO2/c11-7-3-1-5-9(7)6-2-4-8(12)10-9/h7,11H,1-6H2,(H,10,12)/t7-,9-/m0/s1. The van der Waals surface area contributed by atoms with Crippen LogP contribution >= 0.6 is 0 Å². The van der Waals surface area contributed by atoms with Gasteiger partial charge in [0.1, 0.15) is 0 Å². The van der Waals surface area contributed by atoms with Crippen molar-refractivity contribution in [1.82, 2.24) is 5.32 Å². The van der Waals surface area contributed by atoms with Gasteiger partial charge in [-0.3, -0.25) is 4.79 Å². The quantitative estimate of drug-likeness (QED) is 0.557. The molecule has 1 amide bonds. The molecule has 12 heavy (non-hydrogen) atoms. The van der Waals surface area contributed by atoms with E-state index < -0.39 is 0 Å². The molecule has 0 aromatic carbocycles. The van der Waals surface area contributed by atoms with Crippen LogP contribution in [0.3, 0.4) is 0 Å². The molecular formula is C9H15NO2. The van der Waals surface area contributed by atoms with E-state index in [4.69, 9.17) is 0 Å². The first-order valence-electron chi connectivity index (χ1n) is 4.72. The molecule has 0 radical (unpaired) electrons. The number of piperidine rings is 1.